The molecule has 3 N–H and O–H groups in total. The summed E-state index contributed by atoms with van der Waals surface area (Å²) in [5, 5.41) is 0.965. The highest BCUT2D eigenvalue weighted by molar-refractivity contribution is 9.10. The topological polar surface area (TPSA) is 58.9 Å². The Labute approximate surface area is 124 Å². The van der Waals surface area contributed by atoms with Gasteiger partial charge in [-0.15, -0.1) is 0 Å². The van der Waals surface area contributed by atoms with Gasteiger partial charge in [0, 0.05) is 33.9 Å². The molecule has 100 valence electrons. The second-order valence-corrected chi connectivity index (χ2v) is 5.53. The number of benzene rings is 2. The molecule has 0 saturated heterocycles. The fourth-order valence-corrected chi connectivity index (χ4v) is 2.86. The van der Waals surface area contributed by atoms with Crippen LogP contribution in [0, 0.1) is 6.92 Å². The maximum Gasteiger partial charge on any atom is 0.196 e. The number of carbonyl (C=O) groups excluding carboxylic acids is 1. The van der Waals surface area contributed by atoms with Crippen molar-refractivity contribution in [1.82, 2.24) is 4.98 Å². The van der Waals surface area contributed by atoms with Gasteiger partial charge in [0.25, 0.3) is 0 Å². The van der Waals surface area contributed by atoms with E-state index in [2.05, 4.69) is 20.9 Å². The smallest absolute Gasteiger partial charge is 0.196 e. The lowest BCUT2D eigenvalue weighted by Crippen LogP contribution is -2.03. The minimum atomic E-state index is -0.0373. The predicted molar refractivity (Wildman–Crippen MR) is 85.0 cm³/mol. The van der Waals surface area contributed by atoms with E-state index in [-0.39, 0.29) is 5.78 Å². The molecule has 0 amide bonds. The van der Waals surface area contributed by atoms with Crippen LogP contribution in [0.2, 0.25) is 0 Å². The van der Waals surface area contributed by atoms with Crippen LogP contribution in [0.4, 0.5) is 5.69 Å². The summed E-state index contributed by atoms with van der Waals surface area (Å²) in [7, 11) is 0. The van der Waals surface area contributed by atoms with Crippen LogP contribution in [0.3, 0.4) is 0 Å². The number of aromatic amines is 1. The lowest BCUT2D eigenvalue weighted by molar-refractivity contribution is 0.103. The van der Waals surface area contributed by atoms with Crippen molar-refractivity contribution in [3.8, 4) is 0 Å². The molecule has 1 heterocycles. The number of ketones is 1. The van der Waals surface area contributed by atoms with Crippen LogP contribution in [-0.4, -0.2) is 10.8 Å². The van der Waals surface area contributed by atoms with Crippen molar-refractivity contribution >= 4 is 38.3 Å². The van der Waals surface area contributed by atoms with E-state index in [1.54, 1.807) is 24.4 Å². The van der Waals surface area contributed by atoms with Gasteiger partial charge in [0.1, 0.15) is 0 Å². The van der Waals surface area contributed by atoms with Crippen LogP contribution in [-0.2, 0) is 0 Å². The maximum absolute atomic E-state index is 12.7. The van der Waals surface area contributed by atoms with Gasteiger partial charge in [-0.3, -0.25) is 4.79 Å². The molecule has 0 unspecified atom stereocenters. The van der Waals surface area contributed by atoms with Gasteiger partial charge in [0.2, 0.25) is 0 Å². The number of fused-ring (bicyclic) bond motifs is 1. The van der Waals surface area contributed by atoms with Gasteiger partial charge in [0.15, 0.2) is 5.78 Å². The number of hydrogen-bond donors (Lipinski definition) is 2. The van der Waals surface area contributed by atoms with Crippen molar-refractivity contribution in [2.24, 2.45) is 0 Å². The predicted octanol–water partition coefficient (Wildman–Crippen LogP) is 4.05. The van der Waals surface area contributed by atoms with Crippen molar-refractivity contribution in [1.29, 1.82) is 0 Å². The molecule has 1 aromatic heterocycles. The first-order valence-corrected chi connectivity index (χ1v) is 7.04. The lowest BCUT2D eigenvalue weighted by Gasteiger charge is -2.06. The highest BCUT2D eigenvalue weighted by Crippen LogP contribution is 2.29. The Morgan fingerprint density at radius 2 is 1.90 bits per heavy atom. The number of nitrogens with two attached hydrogens (primary N) is 1. The Bertz CT molecular complexity index is 820. The number of H-pyrrole nitrogens is 1. The highest BCUT2D eigenvalue weighted by atomic mass is 79.9. The first kappa shape index (κ1) is 12.9. The zero-order valence-corrected chi connectivity index (χ0v) is 12.5. The number of nitrogens with one attached hydrogen (secondary N) is 1. The fraction of sp³-hybridized carbons (Fsp3) is 0.0625. The first-order valence-electron chi connectivity index (χ1n) is 6.25. The number of aryl methyl sites for hydroxylation is 1. The molecular weight excluding hydrogens is 316 g/mol. The quantitative estimate of drug-likeness (QED) is 0.550. The van der Waals surface area contributed by atoms with Gasteiger partial charge in [-0.05, 0) is 46.6 Å². The summed E-state index contributed by atoms with van der Waals surface area (Å²) in [6.45, 7) is 2.00. The van der Waals surface area contributed by atoms with E-state index < -0.39 is 0 Å². The number of halogens is 1. The van der Waals surface area contributed by atoms with Crippen molar-refractivity contribution in [3.63, 3.8) is 0 Å². The van der Waals surface area contributed by atoms with Gasteiger partial charge in [-0.25, -0.2) is 0 Å². The van der Waals surface area contributed by atoms with E-state index in [1.165, 1.54) is 0 Å². The number of nitrogen functional groups attached to an aromatic ring is 1. The molecule has 0 spiro atoms. The summed E-state index contributed by atoms with van der Waals surface area (Å²) >= 11 is 3.39. The zero-order valence-electron chi connectivity index (χ0n) is 10.9. The van der Waals surface area contributed by atoms with Gasteiger partial charge < -0.3 is 10.7 Å². The van der Waals surface area contributed by atoms with E-state index in [9.17, 15) is 4.79 Å². The van der Waals surface area contributed by atoms with Crippen LogP contribution in [0.25, 0.3) is 10.9 Å². The molecule has 0 saturated carbocycles. The molecule has 0 bridgehead atoms. The maximum atomic E-state index is 12.7. The van der Waals surface area contributed by atoms with Crippen LogP contribution in [0.15, 0.2) is 47.1 Å². The average molecular weight is 329 g/mol. The minimum Gasteiger partial charge on any atom is -0.398 e. The Kier molecular flexibility index (Phi) is 3.10. The molecule has 0 aliphatic carbocycles. The Morgan fingerprint density at radius 3 is 2.70 bits per heavy atom. The van der Waals surface area contributed by atoms with Crippen molar-refractivity contribution in [3.05, 3.63) is 63.8 Å². The van der Waals surface area contributed by atoms with Gasteiger partial charge >= 0.3 is 0 Å². The fourth-order valence-electron chi connectivity index (χ4n) is 2.42. The SMILES string of the molecule is Cc1cccc2[nH]cc(C(=O)c3cccc(N)c3Br)c12. The Morgan fingerprint density at radius 1 is 1.15 bits per heavy atom. The van der Waals surface area contributed by atoms with Crippen LogP contribution in [0.5, 0.6) is 0 Å². The van der Waals surface area contributed by atoms with Crippen molar-refractivity contribution in [2.45, 2.75) is 6.92 Å². The Balaban J connectivity index is 2.21. The average Bonchev–Trinajstić information content (AvgIpc) is 2.86. The molecule has 0 aliphatic rings. The molecule has 20 heavy (non-hydrogen) atoms. The van der Waals surface area contributed by atoms with Crippen LogP contribution < -0.4 is 5.73 Å². The number of carbonyl (C=O) groups is 1. The molecule has 4 heteroatoms. The molecule has 3 rings (SSSR count). The molecule has 3 nitrogen and oxygen atoms in total. The molecule has 0 fully saturated rings. The summed E-state index contributed by atoms with van der Waals surface area (Å²) in [5.74, 6) is -0.0373. The minimum absolute atomic E-state index is 0.0373. The lowest BCUT2D eigenvalue weighted by atomic mass is 10.00. The second kappa shape index (κ2) is 4.80. The summed E-state index contributed by atoms with van der Waals surface area (Å²) in [4.78, 5) is 15.9. The molecule has 0 radical (unpaired) electrons. The molecule has 3 aromatic rings. The van der Waals surface area contributed by atoms with Crippen molar-refractivity contribution in [2.75, 3.05) is 5.73 Å². The van der Waals surface area contributed by atoms with E-state index in [0.29, 0.717) is 21.3 Å². The number of aromatic nitrogens is 1. The summed E-state index contributed by atoms with van der Waals surface area (Å²) in [6.07, 6.45) is 1.76. The van der Waals surface area contributed by atoms with Gasteiger partial charge in [-0.1, -0.05) is 18.2 Å². The number of hydrogen-bond acceptors (Lipinski definition) is 2. The van der Waals surface area contributed by atoms with Crippen LogP contribution >= 0.6 is 15.9 Å². The van der Waals surface area contributed by atoms with E-state index in [4.69, 9.17) is 5.73 Å². The normalized spacial score (nSPS) is 10.9. The molecule has 0 aliphatic heterocycles. The number of anilines is 1. The third kappa shape index (κ3) is 1.93. The molecular formula is C16H13BrN2O. The largest absolute Gasteiger partial charge is 0.398 e. The van der Waals surface area contributed by atoms with E-state index in [0.717, 1.165) is 16.5 Å². The summed E-state index contributed by atoms with van der Waals surface area (Å²) in [6, 6.07) is 11.3. The molecule has 2 aromatic carbocycles. The summed E-state index contributed by atoms with van der Waals surface area (Å²) in [5.41, 5.74) is 9.70. The van der Waals surface area contributed by atoms with Crippen molar-refractivity contribution < 1.29 is 4.79 Å². The van der Waals surface area contributed by atoms with E-state index in [1.807, 2.05) is 25.1 Å². The third-order valence-electron chi connectivity index (χ3n) is 3.43. The highest BCUT2D eigenvalue weighted by Gasteiger charge is 2.18. The van der Waals surface area contributed by atoms with Crippen LogP contribution in [0.1, 0.15) is 21.5 Å². The third-order valence-corrected chi connectivity index (χ3v) is 4.32. The van der Waals surface area contributed by atoms with Gasteiger partial charge in [0.05, 0.1) is 4.47 Å². The monoisotopic (exact) mass is 328 g/mol. The van der Waals surface area contributed by atoms with Gasteiger partial charge in [-0.2, -0.15) is 0 Å². The zero-order chi connectivity index (χ0) is 14.3. The second-order valence-electron chi connectivity index (χ2n) is 4.74. The first-order chi connectivity index (χ1) is 9.59. The van der Waals surface area contributed by atoms with E-state index >= 15 is 0 Å². The number of rotatable bonds is 2. The standard InChI is InChI=1S/C16H13BrN2O/c1-9-4-2-7-13-14(9)11(8-19-13)16(20)10-5-3-6-12(18)15(10)17/h2-8,19H,18H2,1H3. The Hall–Kier alpha value is -2.07. The molecule has 0 atom stereocenters. The summed E-state index contributed by atoms with van der Waals surface area (Å²) < 4.78 is 0.646.